The van der Waals surface area contributed by atoms with Gasteiger partial charge in [0.2, 0.25) is 11.9 Å². The molecule has 0 fully saturated rings. The number of anilines is 2. The monoisotopic (exact) mass is 241 g/mol. The summed E-state index contributed by atoms with van der Waals surface area (Å²) >= 11 is 0. The molecule has 17 heavy (non-hydrogen) atoms. The Balaban J connectivity index is 2.51. The topological polar surface area (TPSA) is 92.9 Å². The Bertz CT molecular complexity index is 385. The predicted molar refractivity (Wildman–Crippen MR) is 63.1 cm³/mol. The number of hydrogen-bond acceptors (Lipinski definition) is 5. The van der Waals surface area contributed by atoms with Gasteiger partial charge in [-0.25, -0.2) is 9.37 Å². The van der Waals surface area contributed by atoms with Crippen LogP contribution in [0.3, 0.4) is 0 Å². The number of aromatic nitrogens is 2. The van der Waals surface area contributed by atoms with Crippen molar-refractivity contribution in [3.63, 3.8) is 0 Å². The molecule has 0 unspecified atom stereocenters. The highest BCUT2D eigenvalue weighted by atomic mass is 19.1. The van der Waals surface area contributed by atoms with E-state index in [2.05, 4.69) is 20.6 Å². The quantitative estimate of drug-likeness (QED) is 0.612. The molecule has 0 aromatic carbocycles. The maximum atomic E-state index is 13.3. The number of halogens is 1. The Morgan fingerprint density at radius 3 is 2.94 bits per heavy atom. The molecule has 1 aromatic rings. The van der Waals surface area contributed by atoms with E-state index in [0.29, 0.717) is 25.5 Å². The molecule has 0 aliphatic heterocycles. The molecular weight excluding hydrogens is 225 g/mol. The molecule has 94 valence electrons. The summed E-state index contributed by atoms with van der Waals surface area (Å²) in [5.74, 6) is -0.402. The summed E-state index contributed by atoms with van der Waals surface area (Å²) in [6.45, 7) is 2.99. The number of carbonyl (C=O) groups excluding carboxylic acids is 1. The van der Waals surface area contributed by atoms with Gasteiger partial charge >= 0.3 is 0 Å². The van der Waals surface area contributed by atoms with E-state index in [1.165, 1.54) is 0 Å². The summed E-state index contributed by atoms with van der Waals surface area (Å²) in [5, 5.41) is 5.67. The first-order valence-corrected chi connectivity index (χ1v) is 5.42. The highest BCUT2D eigenvalue weighted by Gasteiger charge is 2.05. The summed E-state index contributed by atoms with van der Waals surface area (Å²) in [6.07, 6.45) is 1.90. The number of primary amides is 1. The Morgan fingerprint density at radius 1 is 1.53 bits per heavy atom. The lowest BCUT2D eigenvalue weighted by Crippen LogP contribution is -2.14. The van der Waals surface area contributed by atoms with Crippen LogP contribution in [0.1, 0.15) is 19.8 Å². The maximum absolute atomic E-state index is 13.3. The summed E-state index contributed by atoms with van der Waals surface area (Å²) in [4.78, 5) is 18.2. The molecule has 1 amide bonds. The first-order chi connectivity index (χ1) is 8.13. The first kappa shape index (κ1) is 13.1. The number of nitrogens with two attached hydrogens (primary N) is 1. The minimum atomic E-state index is -0.522. The van der Waals surface area contributed by atoms with Gasteiger partial charge in [-0.05, 0) is 13.3 Å². The smallest absolute Gasteiger partial charge is 0.224 e. The summed E-state index contributed by atoms with van der Waals surface area (Å²) in [7, 11) is 0. The summed E-state index contributed by atoms with van der Waals surface area (Å²) in [5.41, 5.74) is 4.99. The van der Waals surface area contributed by atoms with Crippen LogP contribution in [0.15, 0.2) is 6.20 Å². The van der Waals surface area contributed by atoms with Gasteiger partial charge in [-0.15, -0.1) is 0 Å². The van der Waals surface area contributed by atoms with E-state index in [1.807, 2.05) is 6.92 Å². The number of amides is 1. The largest absolute Gasteiger partial charge is 0.370 e. The van der Waals surface area contributed by atoms with Crippen molar-refractivity contribution in [2.45, 2.75) is 19.8 Å². The van der Waals surface area contributed by atoms with E-state index in [-0.39, 0.29) is 18.1 Å². The molecule has 0 saturated heterocycles. The number of carbonyl (C=O) groups is 1. The second kappa shape index (κ2) is 6.62. The van der Waals surface area contributed by atoms with E-state index in [0.717, 1.165) is 6.20 Å². The van der Waals surface area contributed by atoms with Crippen LogP contribution < -0.4 is 16.4 Å². The van der Waals surface area contributed by atoms with Crippen LogP contribution in [0.4, 0.5) is 16.2 Å². The minimum Gasteiger partial charge on any atom is -0.370 e. The van der Waals surface area contributed by atoms with Gasteiger partial charge in [0.05, 0.1) is 6.20 Å². The van der Waals surface area contributed by atoms with Crippen LogP contribution >= 0.6 is 0 Å². The average molecular weight is 241 g/mol. The van der Waals surface area contributed by atoms with E-state index in [1.54, 1.807) is 0 Å². The van der Waals surface area contributed by atoms with Crippen LogP contribution in [0.25, 0.3) is 0 Å². The minimum absolute atomic E-state index is 0.125. The molecule has 0 radical (unpaired) electrons. The molecule has 0 atom stereocenters. The Labute approximate surface area is 98.8 Å². The molecule has 0 saturated carbocycles. The van der Waals surface area contributed by atoms with Gasteiger partial charge in [-0.1, -0.05) is 0 Å². The van der Waals surface area contributed by atoms with Gasteiger partial charge in [0.1, 0.15) is 0 Å². The van der Waals surface area contributed by atoms with Gasteiger partial charge in [0.25, 0.3) is 0 Å². The van der Waals surface area contributed by atoms with Crippen molar-refractivity contribution in [3.8, 4) is 0 Å². The third kappa shape index (κ3) is 4.62. The van der Waals surface area contributed by atoms with Crippen LogP contribution in [-0.2, 0) is 4.79 Å². The zero-order valence-corrected chi connectivity index (χ0v) is 9.66. The number of rotatable bonds is 7. The van der Waals surface area contributed by atoms with E-state index < -0.39 is 5.82 Å². The van der Waals surface area contributed by atoms with Crippen molar-refractivity contribution in [1.29, 1.82) is 0 Å². The lowest BCUT2D eigenvalue weighted by atomic mass is 10.3. The molecule has 6 nitrogen and oxygen atoms in total. The zero-order chi connectivity index (χ0) is 12.7. The molecule has 4 N–H and O–H groups in total. The standard InChI is InChI=1S/C10H16FN5O/c1-2-13-10-15-6-7(11)9(16-10)14-5-3-4-8(12)17/h6H,2-5H2,1H3,(H2,12,17)(H2,13,14,15,16). The van der Waals surface area contributed by atoms with Crippen molar-refractivity contribution in [3.05, 3.63) is 12.0 Å². The van der Waals surface area contributed by atoms with Crippen molar-refractivity contribution >= 4 is 17.7 Å². The predicted octanol–water partition coefficient (Wildman–Crippen LogP) is 0.725. The fraction of sp³-hybridized carbons (Fsp3) is 0.500. The number of nitrogens with one attached hydrogen (secondary N) is 2. The highest BCUT2D eigenvalue weighted by molar-refractivity contribution is 5.73. The second-order valence-corrected chi connectivity index (χ2v) is 3.42. The van der Waals surface area contributed by atoms with Gasteiger partial charge < -0.3 is 16.4 Å². The molecular formula is C10H16FN5O. The van der Waals surface area contributed by atoms with E-state index >= 15 is 0 Å². The number of hydrogen-bond donors (Lipinski definition) is 3. The Kier molecular flexibility index (Phi) is 5.12. The fourth-order valence-corrected chi connectivity index (χ4v) is 1.20. The van der Waals surface area contributed by atoms with Crippen LogP contribution in [0, 0.1) is 5.82 Å². The molecule has 1 aromatic heterocycles. The SMILES string of the molecule is CCNc1ncc(F)c(NCCCC(N)=O)n1. The molecule has 1 heterocycles. The molecule has 0 bridgehead atoms. The third-order valence-electron chi connectivity index (χ3n) is 1.97. The Hall–Kier alpha value is -1.92. The molecule has 0 aliphatic carbocycles. The van der Waals surface area contributed by atoms with Gasteiger partial charge in [0, 0.05) is 19.5 Å². The maximum Gasteiger partial charge on any atom is 0.224 e. The van der Waals surface area contributed by atoms with E-state index in [9.17, 15) is 9.18 Å². The molecule has 1 rings (SSSR count). The first-order valence-electron chi connectivity index (χ1n) is 5.42. The average Bonchev–Trinajstić information content (AvgIpc) is 2.28. The fourth-order valence-electron chi connectivity index (χ4n) is 1.20. The van der Waals surface area contributed by atoms with Crippen LogP contribution in [0.2, 0.25) is 0 Å². The van der Waals surface area contributed by atoms with Crippen molar-refractivity contribution in [2.75, 3.05) is 23.7 Å². The normalized spacial score (nSPS) is 10.0. The van der Waals surface area contributed by atoms with E-state index in [4.69, 9.17) is 5.73 Å². The molecule has 7 heteroatoms. The van der Waals surface area contributed by atoms with Gasteiger partial charge in [-0.3, -0.25) is 4.79 Å². The van der Waals surface area contributed by atoms with Crippen LogP contribution in [0.5, 0.6) is 0 Å². The van der Waals surface area contributed by atoms with Crippen LogP contribution in [-0.4, -0.2) is 29.0 Å². The number of nitrogens with zero attached hydrogens (tertiary/aromatic N) is 2. The second-order valence-electron chi connectivity index (χ2n) is 3.42. The molecule has 0 aliphatic rings. The Morgan fingerprint density at radius 2 is 2.29 bits per heavy atom. The van der Waals surface area contributed by atoms with Gasteiger partial charge in [0.15, 0.2) is 11.6 Å². The molecule has 0 spiro atoms. The third-order valence-corrected chi connectivity index (χ3v) is 1.97. The highest BCUT2D eigenvalue weighted by Crippen LogP contribution is 2.11. The lowest BCUT2D eigenvalue weighted by molar-refractivity contribution is -0.118. The zero-order valence-electron chi connectivity index (χ0n) is 9.66. The summed E-state index contributed by atoms with van der Waals surface area (Å²) < 4.78 is 13.3. The van der Waals surface area contributed by atoms with Crippen molar-refractivity contribution < 1.29 is 9.18 Å². The van der Waals surface area contributed by atoms with Crippen molar-refractivity contribution in [2.24, 2.45) is 5.73 Å². The summed E-state index contributed by atoms with van der Waals surface area (Å²) in [6, 6.07) is 0. The van der Waals surface area contributed by atoms with Gasteiger partial charge in [-0.2, -0.15) is 4.98 Å². The lowest BCUT2D eigenvalue weighted by Gasteiger charge is -2.07. The van der Waals surface area contributed by atoms with Crippen molar-refractivity contribution in [1.82, 2.24) is 9.97 Å².